The lowest BCUT2D eigenvalue weighted by atomic mass is 9.86. The van der Waals surface area contributed by atoms with E-state index < -0.39 is 0 Å². The number of piperidine rings is 3. The van der Waals surface area contributed by atoms with Crippen molar-refractivity contribution in [2.24, 2.45) is 5.92 Å². The quantitative estimate of drug-likeness (QED) is 0.781. The normalized spacial score (nSPS) is 29.2. The third-order valence-electron chi connectivity index (χ3n) is 4.14. The van der Waals surface area contributed by atoms with E-state index >= 15 is 0 Å². The van der Waals surface area contributed by atoms with Crippen LogP contribution in [0.1, 0.15) is 18.4 Å². The van der Waals surface area contributed by atoms with Gasteiger partial charge in [0, 0.05) is 6.54 Å². The molecule has 0 aromatic heterocycles. The summed E-state index contributed by atoms with van der Waals surface area (Å²) in [6.45, 7) is 3.15. The van der Waals surface area contributed by atoms with Crippen molar-refractivity contribution in [3.8, 4) is 0 Å². The molecule has 3 aliphatic rings. The fraction of sp³-hybridized carbons (Fsp3) is 0.533. The van der Waals surface area contributed by atoms with Gasteiger partial charge in [-0.2, -0.15) is 0 Å². The molecule has 0 unspecified atom stereocenters. The molecule has 3 fully saturated rings. The zero-order valence-corrected chi connectivity index (χ0v) is 10.8. The standard InChI is InChI=1S/C15H18FNO2/c16-13-3-1-11(2-4-13)9-15(18)19-14-10-17-7-5-12(14)6-8-17/h1-4,12,14H,5-10H2/t14-/m0/s1. The van der Waals surface area contributed by atoms with Crippen molar-refractivity contribution in [2.75, 3.05) is 19.6 Å². The van der Waals surface area contributed by atoms with Gasteiger partial charge in [-0.15, -0.1) is 0 Å². The molecule has 0 spiro atoms. The van der Waals surface area contributed by atoms with Gasteiger partial charge in [-0.3, -0.25) is 9.69 Å². The largest absolute Gasteiger partial charge is 0.460 e. The van der Waals surface area contributed by atoms with E-state index in [4.69, 9.17) is 4.74 Å². The fourth-order valence-electron chi connectivity index (χ4n) is 3.02. The smallest absolute Gasteiger partial charge is 0.310 e. The Hall–Kier alpha value is -1.42. The molecule has 0 aliphatic carbocycles. The van der Waals surface area contributed by atoms with Crippen LogP contribution in [0.25, 0.3) is 0 Å². The molecule has 3 saturated heterocycles. The van der Waals surface area contributed by atoms with Gasteiger partial charge in [0.05, 0.1) is 6.42 Å². The lowest BCUT2D eigenvalue weighted by molar-refractivity contribution is -0.157. The average molecular weight is 263 g/mol. The Labute approximate surface area is 112 Å². The van der Waals surface area contributed by atoms with Gasteiger partial charge in [-0.05, 0) is 49.5 Å². The van der Waals surface area contributed by atoms with Crippen LogP contribution in [0, 0.1) is 11.7 Å². The van der Waals surface area contributed by atoms with Crippen LogP contribution in [0.3, 0.4) is 0 Å². The van der Waals surface area contributed by atoms with E-state index in [1.54, 1.807) is 12.1 Å². The molecular formula is C15H18FNO2. The van der Waals surface area contributed by atoms with E-state index in [0.29, 0.717) is 5.92 Å². The molecule has 1 aromatic rings. The van der Waals surface area contributed by atoms with Crippen molar-refractivity contribution >= 4 is 5.97 Å². The molecule has 0 saturated carbocycles. The second kappa shape index (κ2) is 5.29. The van der Waals surface area contributed by atoms with Crippen molar-refractivity contribution in [1.29, 1.82) is 0 Å². The summed E-state index contributed by atoms with van der Waals surface area (Å²) in [5.74, 6) is 0.0435. The van der Waals surface area contributed by atoms with Gasteiger partial charge in [0.15, 0.2) is 0 Å². The SMILES string of the molecule is O=C(Cc1ccc(F)cc1)O[C@H]1CN2CCC1CC2. The summed E-state index contributed by atoms with van der Waals surface area (Å²) < 4.78 is 18.4. The number of halogens is 1. The van der Waals surface area contributed by atoms with Gasteiger partial charge >= 0.3 is 5.97 Å². The summed E-state index contributed by atoms with van der Waals surface area (Å²) in [5, 5.41) is 0. The molecule has 19 heavy (non-hydrogen) atoms. The predicted molar refractivity (Wildman–Crippen MR) is 69.1 cm³/mol. The third-order valence-corrected chi connectivity index (χ3v) is 4.14. The van der Waals surface area contributed by atoms with Gasteiger partial charge < -0.3 is 4.74 Å². The van der Waals surface area contributed by atoms with Crippen molar-refractivity contribution in [3.05, 3.63) is 35.6 Å². The van der Waals surface area contributed by atoms with E-state index in [2.05, 4.69) is 4.90 Å². The molecule has 1 atom stereocenters. The summed E-state index contributed by atoms with van der Waals surface area (Å²) in [6, 6.07) is 6.01. The first-order valence-electron chi connectivity index (χ1n) is 6.87. The zero-order valence-electron chi connectivity index (χ0n) is 10.8. The topological polar surface area (TPSA) is 29.5 Å². The zero-order chi connectivity index (χ0) is 13.2. The predicted octanol–water partition coefficient (Wildman–Crippen LogP) is 2.01. The van der Waals surface area contributed by atoms with Crippen LogP contribution in [0.5, 0.6) is 0 Å². The number of ether oxygens (including phenoxy) is 1. The summed E-state index contributed by atoms with van der Waals surface area (Å²) in [4.78, 5) is 14.3. The van der Waals surface area contributed by atoms with Gasteiger partial charge in [-0.25, -0.2) is 4.39 Å². The van der Waals surface area contributed by atoms with E-state index in [9.17, 15) is 9.18 Å². The maximum absolute atomic E-state index is 12.8. The van der Waals surface area contributed by atoms with E-state index in [1.165, 1.54) is 12.1 Å². The maximum Gasteiger partial charge on any atom is 0.310 e. The second-order valence-corrected chi connectivity index (χ2v) is 5.47. The van der Waals surface area contributed by atoms with Crippen LogP contribution in [0.4, 0.5) is 4.39 Å². The minimum atomic E-state index is -0.283. The van der Waals surface area contributed by atoms with Gasteiger partial charge in [0.25, 0.3) is 0 Å². The highest BCUT2D eigenvalue weighted by molar-refractivity contribution is 5.72. The summed E-state index contributed by atoms with van der Waals surface area (Å²) >= 11 is 0. The molecule has 3 heterocycles. The molecule has 2 bridgehead atoms. The highest BCUT2D eigenvalue weighted by Gasteiger charge is 2.36. The number of esters is 1. The Balaban J connectivity index is 1.55. The monoisotopic (exact) mass is 263 g/mol. The molecule has 0 N–H and O–H groups in total. The first-order chi connectivity index (χ1) is 9.20. The van der Waals surface area contributed by atoms with Gasteiger partial charge in [-0.1, -0.05) is 12.1 Å². The number of carbonyl (C=O) groups is 1. The molecule has 4 rings (SSSR count). The average Bonchev–Trinajstić information content (AvgIpc) is 2.43. The molecule has 0 amide bonds. The molecule has 1 aromatic carbocycles. The lowest BCUT2D eigenvalue weighted by Gasteiger charge is -2.43. The lowest BCUT2D eigenvalue weighted by Crippen LogP contribution is -2.52. The molecule has 102 valence electrons. The molecule has 4 heteroatoms. The number of rotatable bonds is 3. The van der Waals surface area contributed by atoms with E-state index in [0.717, 1.165) is 38.0 Å². The number of benzene rings is 1. The van der Waals surface area contributed by atoms with E-state index in [-0.39, 0.29) is 24.3 Å². The Kier molecular flexibility index (Phi) is 3.51. The van der Waals surface area contributed by atoms with Gasteiger partial charge in [0.2, 0.25) is 0 Å². The van der Waals surface area contributed by atoms with Crippen molar-refractivity contribution < 1.29 is 13.9 Å². The fourth-order valence-corrected chi connectivity index (χ4v) is 3.02. The molecular weight excluding hydrogens is 245 g/mol. The minimum Gasteiger partial charge on any atom is -0.460 e. The number of carbonyl (C=O) groups excluding carboxylic acids is 1. The summed E-state index contributed by atoms with van der Waals surface area (Å²) in [7, 11) is 0. The van der Waals surface area contributed by atoms with Crippen molar-refractivity contribution in [3.63, 3.8) is 0 Å². The maximum atomic E-state index is 12.8. The molecule has 3 aliphatic heterocycles. The Bertz CT molecular complexity index is 452. The summed E-state index contributed by atoms with van der Waals surface area (Å²) in [5.41, 5.74) is 0.799. The highest BCUT2D eigenvalue weighted by atomic mass is 19.1. The second-order valence-electron chi connectivity index (χ2n) is 5.47. The van der Waals surface area contributed by atoms with Crippen LogP contribution in [0.2, 0.25) is 0 Å². The number of hydrogen-bond donors (Lipinski definition) is 0. The Morgan fingerprint density at radius 2 is 1.95 bits per heavy atom. The van der Waals surface area contributed by atoms with Crippen LogP contribution >= 0.6 is 0 Å². The first kappa shape index (κ1) is 12.6. The first-order valence-corrected chi connectivity index (χ1v) is 6.87. The number of hydrogen-bond acceptors (Lipinski definition) is 3. The van der Waals surface area contributed by atoms with Gasteiger partial charge in [0.1, 0.15) is 11.9 Å². The van der Waals surface area contributed by atoms with Crippen LogP contribution in [-0.4, -0.2) is 36.6 Å². The Morgan fingerprint density at radius 1 is 1.26 bits per heavy atom. The van der Waals surface area contributed by atoms with Crippen molar-refractivity contribution in [2.45, 2.75) is 25.4 Å². The third kappa shape index (κ3) is 2.95. The minimum absolute atomic E-state index is 0.0513. The van der Waals surface area contributed by atoms with Crippen LogP contribution < -0.4 is 0 Å². The Morgan fingerprint density at radius 3 is 2.53 bits per heavy atom. The van der Waals surface area contributed by atoms with E-state index in [1.807, 2.05) is 0 Å². The number of nitrogens with zero attached hydrogens (tertiary/aromatic N) is 1. The van der Waals surface area contributed by atoms with Crippen LogP contribution in [-0.2, 0) is 16.0 Å². The van der Waals surface area contributed by atoms with Crippen LogP contribution in [0.15, 0.2) is 24.3 Å². The molecule has 0 radical (unpaired) electrons. The van der Waals surface area contributed by atoms with Crippen molar-refractivity contribution in [1.82, 2.24) is 4.90 Å². The molecule has 3 nitrogen and oxygen atoms in total. The summed E-state index contributed by atoms with van der Waals surface area (Å²) in [6.07, 6.45) is 2.54. The highest BCUT2D eigenvalue weighted by Crippen LogP contribution is 2.29. The number of fused-ring (bicyclic) bond motifs is 3.